The van der Waals surface area contributed by atoms with Crippen LogP contribution in [0.2, 0.25) is 0 Å². The van der Waals surface area contributed by atoms with E-state index in [9.17, 15) is 30.7 Å². The molecule has 1 aliphatic heterocycles. The number of alkyl halides is 2. The summed E-state index contributed by atoms with van der Waals surface area (Å²) in [5.74, 6) is -9.86. The van der Waals surface area contributed by atoms with Crippen LogP contribution in [0.5, 0.6) is 5.75 Å². The maximum atomic E-state index is 14.6. The first-order valence-corrected chi connectivity index (χ1v) is 8.80. The van der Waals surface area contributed by atoms with Crippen LogP contribution in [0.3, 0.4) is 0 Å². The van der Waals surface area contributed by atoms with Gasteiger partial charge in [-0.25, -0.2) is 22.0 Å². The fourth-order valence-electron chi connectivity index (χ4n) is 2.88. The minimum absolute atomic E-state index is 0.145. The van der Waals surface area contributed by atoms with Crippen molar-refractivity contribution in [3.05, 3.63) is 64.5 Å². The van der Waals surface area contributed by atoms with E-state index in [-0.39, 0.29) is 17.7 Å². The average Bonchev–Trinajstić information content (AvgIpc) is 2.63. The lowest BCUT2D eigenvalue weighted by Gasteiger charge is -2.24. The first-order chi connectivity index (χ1) is 13.6. The smallest absolute Gasteiger partial charge is 0.429 e. The molecule has 2 nitrogen and oxygen atoms in total. The van der Waals surface area contributed by atoms with E-state index in [0.29, 0.717) is 26.0 Å². The summed E-state index contributed by atoms with van der Waals surface area (Å²) in [5, 5.41) is 0. The fourth-order valence-corrected chi connectivity index (χ4v) is 2.88. The van der Waals surface area contributed by atoms with Gasteiger partial charge in [-0.1, -0.05) is 6.08 Å². The number of ether oxygens (including phenoxy) is 2. The molecule has 0 spiro atoms. The van der Waals surface area contributed by atoms with E-state index in [2.05, 4.69) is 4.74 Å². The molecule has 1 aromatic carbocycles. The van der Waals surface area contributed by atoms with Crippen molar-refractivity contribution in [3.63, 3.8) is 0 Å². The summed E-state index contributed by atoms with van der Waals surface area (Å²) in [5.41, 5.74) is -1.52. The third-order valence-electron chi connectivity index (χ3n) is 4.26. The lowest BCUT2D eigenvalue weighted by molar-refractivity contribution is -0.143. The number of rotatable bonds is 6. The molecule has 29 heavy (non-hydrogen) atoms. The highest BCUT2D eigenvalue weighted by Crippen LogP contribution is 2.37. The molecule has 1 aliphatic rings. The van der Waals surface area contributed by atoms with Gasteiger partial charge in [0.25, 0.3) is 0 Å². The van der Waals surface area contributed by atoms with Crippen LogP contribution < -0.4 is 4.74 Å². The van der Waals surface area contributed by atoms with Crippen molar-refractivity contribution in [1.82, 2.24) is 0 Å². The quantitative estimate of drug-likeness (QED) is 0.288. The van der Waals surface area contributed by atoms with Gasteiger partial charge in [-0.2, -0.15) is 8.78 Å². The highest BCUT2D eigenvalue weighted by Gasteiger charge is 2.43. The molecule has 1 heterocycles. The third-order valence-corrected chi connectivity index (χ3v) is 4.26. The molecule has 1 atom stereocenters. The molecule has 0 saturated carbocycles. The second-order valence-corrected chi connectivity index (χ2v) is 6.36. The lowest BCUT2D eigenvalue weighted by atomic mass is 9.99. The second-order valence-electron chi connectivity index (χ2n) is 6.36. The molecule has 1 fully saturated rings. The molecule has 1 saturated heterocycles. The lowest BCUT2D eigenvalue weighted by Crippen LogP contribution is -2.29. The van der Waals surface area contributed by atoms with Crippen LogP contribution >= 0.6 is 0 Å². The summed E-state index contributed by atoms with van der Waals surface area (Å²) >= 11 is 0. The van der Waals surface area contributed by atoms with Crippen molar-refractivity contribution < 1.29 is 40.2 Å². The summed E-state index contributed by atoms with van der Waals surface area (Å²) in [6, 6.07) is 0.290. The molecule has 0 aliphatic carbocycles. The van der Waals surface area contributed by atoms with Gasteiger partial charge in [-0.05, 0) is 44.8 Å². The summed E-state index contributed by atoms with van der Waals surface area (Å²) in [7, 11) is 0. The van der Waals surface area contributed by atoms with Crippen LogP contribution in [0.15, 0.2) is 47.1 Å². The first kappa shape index (κ1) is 23.0. The second kappa shape index (κ2) is 9.47. The highest BCUT2D eigenvalue weighted by atomic mass is 19.3. The molecule has 1 unspecified atom stereocenters. The molecule has 0 bridgehead atoms. The molecular formula is C20H19F7O2. The molecule has 1 aromatic rings. The Morgan fingerprint density at radius 3 is 2.24 bits per heavy atom. The Morgan fingerprint density at radius 1 is 1.14 bits per heavy atom. The largest absolute Gasteiger partial charge is 0.432 e. The van der Waals surface area contributed by atoms with E-state index in [0.717, 1.165) is 12.8 Å². The number of hydrogen-bond acceptors (Lipinski definition) is 2. The van der Waals surface area contributed by atoms with E-state index in [1.165, 1.54) is 6.08 Å². The number of allylic oxidation sites excluding steroid dienone is 2. The monoisotopic (exact) mass is 424 g/mol. The predicted molar refractivity (Wildman–Crippen MR) is 92.2 cm³/mol. The molecule has 2 rings (SSSR count). The van der Waals surface area contributed by atoms with Crippen LogP contribution in [-0.4, -0.2) is 18.8 Å². The topological polar surface area (TPSA) is 18.5 Å². The van der Waals surface area contributed by atoms with Gasteiger partial charge in [0, 0.05) is 18.7 Å². The van der Waals surface area contributed by atoms with Crippen LogP contribution in [0.4, 0.5) is 30.7 Å². The van der Waals surface area contributed by atoms with Crippen LogP contribution in [-0.2, 0) is 4.74 Å². The van der Waals surface area contributed by atoms with Gasteiger partial charge in [0.05, 0.1) is 6.10 Å². The first-order valence-electron chi connectivity index (χ1n) is 8.80. The van der Waals surface area contributed by atoms with Crippen LogP contribution in [0.1, 0.15) is 33.1 Å². The van der Waals surface area contributed by atoms with Crippen molar-refractivity contribution in [3.8, 4) is 5.75 Å². The minimum atomic E-state index is -4.64. The summed E-state index contributed by atoms with van der Waals surface area (Å²) in [6.07, 6.45) is -0.868. The van der Waals surface area contributed by atoms with E-state index < -0.39 is 52.6 Å². The van der Waals surface area contributed by atoms with Gasteiger partial charge < -0.3 is 9.47 Å². The zero-order valence-electron chi connectivity index (χ0n) is 15.7. The third kappa shape index (κ3) is 5.62. The maximum Gasteiger partial charge on any atom is 0.432 e. The number of hydrogen-bond donors (Lipinski definition) is 0. The minimum Gasteiger partial charge on any atom is -0.429 e. The maximum absolute atomic E-state index is 14.6. The van der Waals surface area contributed by atoms with Crippen molar-refractivity contribution in [2.45, 2.75) is 45.3 Å². The van der Waals surface area contributed by atoms with Crippen molar-refractivity contribution in [2.24, 2.45) is 0 Å². The zero-order valence-corrected chi connectivity index (χ0v) is 15.7. The van der Waals surface area contributed by atoms with Gasteiger partial charge in [0.2, 0.25) is 0 Å². The van der Waals surface area contributed by atoms with Gasteiger partial charge >= 0.3 is 6.11 Å². The van der Waals surface area contributed by atoms with Crippen molar-refractivity contribution >= 4 is 0 Å². The Labute approximate surface area is 163 Å². The Kier molecular flexibility index (Phi) is 7.51. The molecule has 160 valence electrons. The van der Waals surface area contributed by atoms with E-state index in [4.69, 9.17) is 4.74 Å². The Balaban J connectivity index is 2.35. The van der Waals surface area contributed by atoms with E-state index >= 15 is 0 Å². The van der Waals surface area contributed by atoms with Gasteiger partial charge in [0.1, 0.15) is 23.0 Å². The standard InChI is InChI=1S/C20H19F7O2/c1-3-12(17-6-4-5-7-28-17)8-14(22)18(11(2)21)20(26,27)29-13-9-15(23)19(25)16(24)10-13/h3,8-10,17H,4-7H2,1-2H3/b12-3+,14-8+,18-11-. The van der Waals surface area contributed by atoms with Crippen LogP contribution in [0, 0.1) is 17.5 Å². The van der Waals surface area contributed by atoms with E-state index in [1.807, 2.05) is 0 Å². The van der Waals surface area contributed by atoms with E-state index in [1.54, 1.807) is 6.92 Å². The Hall–Kier alpha value is -2.29. The molecule has 9 heteroatoms. The highest BCUT2D eigenvalue weighted by molar-refractivity contribution is 5.39. The molecule has 0 radical (unpaired) electrons. The number of benzene rings is 1. The molecule has 0 amide bonds. The zero-order chi connectivity index (χ0) is 21.8. The normalized spacial score (nSPS) is 19.8. The summed E-state index contributed by atoms with van der Waals surface area (Å²) < 4.78 is 106. The van der Waals surface area contributed by atoms with Gasteiger partial charge in [-0.3, -0.25) is 0 Å². The van der Waals surface area contributed by atoms with Gasteiger partial charge in [0.15, 0.2) is 17.5 Å². The summed E-state index contributed by atoms with van der Waals surface area (Å²) in [4.78, 5) is 0. The average molecular weight is 424 g/mol. The van der Waals surface area contributed by atoms with Crippen LogP contribution in [0.25, 0.3) is 0 Å². The summed E-state index contributed by atoms with van der Waals surface area (Å²) in [6.45, 7) is 2.54. The van der Waals surface area contributed by atoms with Crippen molar-refractivity contribution in [2.75, 3.05) is 6.61 Å². The Morgan fingerprint density at radius 2 is 1.76 bits per heavy atom. The Bertz CT molecular complexity index is 810. The number of halogens is 7. The molecular weight excluding hydrogens is 405 g/mol. The predicted octanol–water partition coefficient (Wildman–Crippen LogP) is 6.69. The molecule has 0 aromatic heterocycles. The SMILES string of the molecule is C\C=C(/C=C(F)\C(=C(/C)F)C(F)(F)Oc1cc(F)c(F)c(F)c1)C1CCCCO1. The fraction of sp³-hybridized carbons (Fsp3) is 0.400. The van der Waals surface area contributed by atoms with Gasteiger partial charge in [-0.15, -0.1) is 0 Å². The molecule has 0 N–H and O–H groups in total. The van der Waals surface area contributed by atoms with Crippen molar-refractivity contribution in [1.29, 1.82) is 0 Å².